The molecule has 18 heavy (non-hydrogen) atoms. The van der Waals surface area contributed by atoms with Crippen LogP contribution in [0.15, 0.2) is 18.3 Å². The molecule has 1 aliphatic heterocycles. The van der Waals surface area contributed by atoms with Gasteiger partial charge in [0.1, 0.15) is 0 Å². The van der Waals surface area contributed by atoms with Crippen molar-refractivity contribution in [2.45, 2.75) is 31.8 Å². The van der Waals surface area contributed by atoms with Crippen LogP contribution in [0.25, 0.3) is 0 Å². The predicted octanol–water partition coefficient (Wildman–Crippen LogP) is 1.73. The lowest BCUT2D eigenvalue weighted by Gasteiger charge is -2.23. The molecule has 98 valence electrons. The smallest absolute Gasteiger partial charge is 0.363 e. The molecule has 0 aromatic carbocycles. The van der Waals surface area contributed by atoms with Gasteiger partial charge in [0.15, 0.2) is 6.20 Å². The van der Waals surface area contributed by atoms with Crippen LogP contribution < -0.4 is 4.90 Å². The third-order valence-electron chi connectivity index (χ3n) is 3.35. The molecule has 1 N–H and O–H groups in total. The predicted molar refractivity (Wildman–Crippen MR) is 67.6 cm³/mol. The number of nitro groups is 1. The maximum atomic E-state index is 10.5. The molecule has 6 nitrogen and oxygen atoms in total. The van der Waals surface area contributed by atoms with Crippen molar-refractivity contribution in [3.63, 3.8) is 0 Å². The second-order valence-electron chi connectivity index (χ2n) is 4.97. The van der Waals surface area contributed by atoms with Crippen LogP contribution in [0.2, 0.25) is 0 Å². The molecule has 0 bridgehead atoms. The zero-order valence-electron chi connectivity index (χ0n) is 10.4. The Labute approximate surface area is 105 Å². The third-order valence-corrected chi connectivity index (χ3v) is 3.35. The lowest BCUT2D eigenvalue weighted by molar-refractivity contribution is -0.389. The highest BCUT2D eigenvalue weighted by atomic mass is 16.6. The molecular weight excluding hydrogens is 234 g/mol. The van der Waals surface area contributed by atoms with Crippen LogP contribution in [0.1, 0.15) is 26.2 Å². The van der Waals surface area contributed by atoms with Crippen molar-refractivity contribution in [3.05, 3.63) is 28.4 Å². The van der Waals surface area contributed by atoms with Crippen molar-refractivity contribution in [3.8, 4) is 0 Å². The molecule has 0 saturated carbocycles. The summed E-state index contributed by atoms with van der Waals surface area (Å²) in [5, 5.41) is 20.5. The van der Waals surface area contributed by atoms with E-state index in [1.54, 1.807) is 6.07 Å². The van der Waals surface area contributed by atoms with Crippen LogP contribution in [0, 0.1) is 10.1 Å². The Balaban J connectivity index is 2.09. The third kappa shape index (κ3) is 2.95. The first-order valence-corrected chi connectivity index (χ1v) is 6.06. The number of pyridine rings is 1. The van der Waals surface area contributed by atoms with Crippen LogP contribution in [-0.4, -0.2) is 33.7 Å². The van der Waals surface area contributed by atoms with Gasteiger partial charge < -0.3 is 20.1 Å². The van der Waals surface area contributed by atoms with E-state index in [-0.39, 0.29) is 5.82 Å². The van der Waals surface area contributed by atoms with Gasteiger partial charge in [0.25, 0.3) is 0 Å². The number of nitrogens with zero attached hydrogens (tertiary/aromatic N) is 3. The summed E-state index contributed by atoms with van der Waals surface area (Å²) in [6.07, 6.45) is 3.91. The monoisotopic (exact) mass is 251 g/mol. The van der Waals surface area contributed by atoms with E-state index in [1.807, 2.05) is 6.92 Å². The van der Waals surface area contributed by atoms with Gasteiger partial charge in [-0.05, 0) is 42.2 Å². The summed E-state index contributed by atoms with van der Waals surface area (Å²) < 4.78 is 0. The van der Waals surface area contributed by atoms with Gasteiger partial charge in [-0.3, -0.25) is 0 Å². The number of aliphatic hydroxyl groups is 1. The highest BCUT2D eigenvalue weighted by molar-refractivity contribution is 5.46. The van der Waals surface area contributed by atoms with Crippen molar-refractivity contribution in [1.82, 2.24) is 4.98 Å². The van der Waals surface area contributed by atoms with Gasteiger partial charge in [0, 0.05) is 19.2 Å². The quantitative estimate of drug-likeness (QED) is 0.639. The van der Waals surface area contributed by atoms with Crippen molar-refractivity contribution in [1.29, 1.82) is 0 Å². The van der Waals surface area contributed by atoms with Crippen LogP contribution in [-0.2, 0) is 0 Å². The van der Waals surface area contributed by atoms with Crippen molar-refractivity contribution >= 4 is 11.5 Å². The van der Waals surface area contributed by atoms with Crippen molar-refractivity contribution in [2.75, 3.05) is 18.0 Å². The fourth-order valence-corrected chi connectivity index (χ4v) is 2.19. The normalized spacial score (nSPS) is 24.7. The molecule has 0 radical (unpaired) electrons. The zero-order valence-corrected chi connectivity index (χ0v) is 10.4. The molecule has 1 aromatic heterocycles. The molecule has 1 aromatic rings. The molecule has 1 fully saturated rings. The number of hydrogen-bond donors (Lipinski definition) is 1. The van der Waals surface area contributed by atoms with Crippen LogP contribution >= 0.6 is 0 Å². The van der Waals surface area contributed by atoms with Crippen molar-refractivity contribution < 1.29 is 10.0 Å². The van der Waals surface area contributed by atoms with E-state index in [2.05, 4.69) is 9.88 Å². The lowest BCUT2D eigenvalue weighted by Crippen LogP contribution is -2.28. The number of rotatable bonds is 2. The average molecular weight is 251 g/mol. The Bertz CT molecular complexity index is 431. The molecule has 0 amide bonds. The maximum absolute atomic E-state index is 10.5. The summed E-state index contributed by atoms with van der Waals surface area (Å²) in [7, 11) is 0. The molecule has 1 unspecified atom stereocenters. The molecule has 2 rings (SSSR count). The van der Waals surface area contributed by atoms with E-state index >= 15 is 0 Å². The van der Waals surface area contributed by atoms with E-state index in [1.165, 1.54) is 12.3 Å². The van der Waals surface area contributed by atoms with Gasteiger partial charge >= 0.3 is 5.82 Å². The summed E-state index contributed by atoms with van der Waals surface area (Å²) >= 11 is 0. The van der Waals surface area contributed by atoms with Crippen LogP contribution in [0.3, 0.4) is 0 Å². The first kappa shape index (κ1) is 12.8. The molecule has 2 heterocycles. The average Bonchev–Trinajstić information content (AvgIpc) is 2.50. The largest absolute Gasteiger partial charge is 0.390 e. The molecular formula is C12H17N3O3. The Morgan fingerprint density at radius 2 is 2.22 bits per heavy atom. The van der Waals surface area contributed by atoms with Crippen molar-refractivity contribution in [2.24, 2.45) is 0 Å². The summed E-state index contributed by atoms with van der Waals surface area (Å²) in [4.78, 5) is 15.9. The molecule has 0 spiro atoms. The van der Waals surface area contributed by atoms with E-state index in [9.17, 15) is 15.2 Å². The van der Waals surface area contributed by atoms with Gasteiger partial charge in [0.2, 0.25) is 0 Å². The molecule has 1 saturated heterocycles. The fraction of sp³-hybridized carbons (Fsp3) is 0.583. The highest BCUT2D eigenvalue weighted by Gasteiger charge is 2.25. The lowest BCUT2D eigenvalue weighted by atomic mass is 9.98. The van der Waals surface area contributed by atoms with E-state index in [4.69, 9.17) is 0 Å². The second-order valence-corrected chi connectivity index (χ2v) is 4.97. The minimum Gasteiger partial charge on any atom is -0.390 e. The standard InChI is InChI=1S/C12H17N3O3/c1-12(16)5-2-7-14(8-6-12)10-3-4-11(13-9-10)15(17)18/h3-4,9,16H,2,5-8H2,1H3. The first-order valence-electron chi connectivity index (χ1n) is 6.06. The summed E-state index contributed by atoms with van der Waals surface area (Å²) in [6.45, 7) is 3.44. The summed E-state index contributed by atoms with van der Waals surface area (Å²) in [6, 6.07) is 3.13. The number of hydrogen-bond acceptors (Lipinski definition) is 5. The Kier molecular flexibility index (Phi) is 3.47. The van der Waals surface area contributed by atoms with Gasteiger partial charge in [-0.25, -0.2) is 0 Å². The van der Waals surface area contributed by atoms with Gasteiger partial charge in [-0.15, -0.1) is 0 Å². The SMILES string of the molecule is CC1(O)CCCN(c2ccc([N+](=O)[O-])nc2)CC1. The Morgan fingerprint density at radius 1 is 1.44 bits per heavy atom. The van der Waals surface area contributed by atoms with Crippen LogP contribution in [0.5, 0.6) is 0 Å². The number of aromatic nitrogens is 1. The Morgan fingerprint density at radius 3 is 2.83 bits per heavy atom. The van der Waals surface area contributed by atoms with Gasteiger partial charge in [-0.1, -0.05) is 0 Å². The summed E-state index contributed by atoms with van der Waals surface area (Å²) in [5.41, 5.74) is 0.265. The minimum atomic E-state index is -0.608. The molecule has 1 atom stereocenters. The van der Waals surface area contributed by atoms with E-state index in [0.717, 1.165) is 31.6 Å². The first-order chi connectivity index (χ1) is 8.48. The fourth-order valence-electron chi connectivity index (χ4n) is 2.19. The zero-order chi connectivity index (χ0) is 13.2. The van der Waals surface area contributed by atoms with E-state index < -0.39 is 10.5 Å². The summed E-state index contributed by atoms with van der Waals surface area (Å²) in [5.74, 6) is -0.138. The van der Waals surface area contributed by atoms with E-state index in [0.29, 0.717) is 6.42 Å². The topological polar surface area (TPSA) is 79.5 Å². The van der Waals surface area contributed by atoms with Crippen LogP contribution in [0.4, 0.5) is 11.5 Å². The maximum Gasteiger partial charge on any atom is 0.363 e. The van der Waals surface area contributed by atoms with Gasteiger partial charge in [-0.2, -0.15) is 0 Å². The highest BCUT2D eigenvalue weighted by Crippen LogP contribution is 2.25. The minimum absolute atomic E-state index is 0.138. The molecule has 6 heteroatoms. The second kappa shape index (κ2) is 4.89. The Hall–Kier alpha value is -1.69. The number of anilines is 1. The molecule has 0 aliphatic carbocycles. The molecule has 1 aliphatic rings. The van der Waals surface area contributed by atoms with Gasteiger partial charge in [0.05, 0.1) is 11.3 Å².